The van der Waals surface area contributed by atoms with Crippen LogP contribution in [0.3, 0.4) is 0 Å². The molecule has 0 atom stereocenters. The Kier molecular flexibility index (Phi) is 5.48. The molecule has 8 heteroatoms. The van der Waals surface area contributed by atoms with E-state index in [9.17, 15) is 13.2 Å². The van der Waals surface area contributed by atoms with Crippen LogP contribution in [0.5, 0.6) is 0 Å². The van der Waals surface area contributed by atoms with Gasteiger partial charge in [-0.3, -0.25) is 0 Å². The fourth-order valence-corrected chi connectivity index (χ4v) is 3.07. The Bertz CT molecular complexity index is 585. The zero-order chi connectivity index (χ0) is 14.6. The number of carboxylic acids is 1. The number of carboxylic acid groups (broad SMARTS) is 1. The average Bonchev–Trinajstić information content (AvgIpc) is 2.32. The van der Waals surface area contributed by atoms with Crippen molar-refractivity contribution in [2.75, 3.05) is 20.3 Å². The number of halogens is 1. The van der Waals surface area contributed by atoms with Crippen molar-refractivity contribution in [3.8, 4) is 0 Å². The molecule has 0 radical (unpaired) electrons. The van der Waals surface area contributed by atoms with Crippen molar-refractivity contribution in [2.45, 2.75) is 11.8 Å². The second kappa shape index (κ2) is 6.47. The maximum absolute atomic E-state index is 12.0. The van der Waals surface area contributed by atoms with Crippen LogP contribution in [0, 0.1) is 6.92 Å². The van der Waals surface area contributed by atoms with Crippen LogP contribution in [0.15, 0.2) is 21.5 Å². The summed E-state index contributed by atoms with van der Waals surface area (Å²) in [5, 5.41) is 9.04. The summed E-state index contributed by atoms with van der Waals surface area (Å²) in [5.74, 6) is -1.17. The van der Waals surface area contributed by atoms with Crippen LogP contribution < -0.4 is 4.72 Å². The van der Waals surface area contributed by atoms with Gasteiger partial charge < -0.3 is 9.84 Å². The molecule has 0 saturated heterocycles. The molecule has 0 heterocycles. The van der Waals surface area contributed by atoms with Crippen molar-refractivity contribution in [1.29, 1.82) is 0 Å². The summed E-state index contributed by atoms with van der Waals surface area (Å²) < 4.78 is 31.4. The Morgan fingerprint density at radius 1 is 1.47 bits per heavy atom. The van der Waals surface area contributed by atoms with Gasteiger partial charge in [0.25, 0.3) is 0 Å². The molecule has 19 heavy (non-hydrogen) atoms. The smallest absolute Gasteiger partial charge is 0.336 e. The predicted molar refractivity (Wildman–Crippen MR) is 72.9 cm³/mol. The highest BCUT2D eigenvalue weighted by atomic mass is 79.9. The minimum atomic E-state index is -3.75. The molecular weight excluding hydrogens is 338 g/mol. The number of sulfonamides is 1. The summed E-state index contributed by atoms with van der Waals surface area (Å²) in [4.78, 5) is 11.0. The summed E-state index contributed by atoms with van der Waals surface area (Å²) in [6.45, 7) is 1.95. The molecule has 0 bridgehead atoms. The van der Waals surface area contributed by atoms with Gasteiger partial charge in [-0.25, -0.2) is 17.9 Å². The number of hydrogen-bond acceptors (Lipinski definition) is 4. The van der Waals surface area contributed by atoms with Crippen LogP contribution in [-0.2, 0) is 14.8 Å². The van der Waals surface area contributed by atoms with Crippen LogP contribution >= 0.6 is 15.9 Å². The Labute approximate surface area is 120 Å². The van der Waals surface area contributed by atoms with Gasteiger partial charge in [0.2, 0.25) is 10.0 Å². The fraction of sp³-hybridized carbons (Fsp3) is 0.364. The lowest BCUT2D eigenvalue weighted by molar-refractivity contribution is 0.0695. The Morgan fingerprint density at radius 2 is 2.11 bits per heavy atom. The number of carbonyl (C=O) groups is 1. The number of methoxy groups -OCH3 is 1. The van der Waals surface area contributed by atoms with Gasteiger partial charge in [-0.1, -0.05) is 15.9 Å². The normalized spacial score (nSPS) is 11.5. The minimum Gasteiger partial charge on any atom is -0.478 e. The molecule has 0 aromatic heterocycles. The van der Waals surface area contributed by atoms with Crippen LogP contribution in [-0.4, -0.2) is 39.8 Å². The molecule has 1 aromatic rings. The van der Waals surface area contributed by atoms with Gasteiger partial charge in [0.05, 0.1) is 17.1 Å². The van der Waals surface area contributed by atoms with E-state index in [-0.39, 0.29) is 23.6 Å². The summed E-state index contributed by atoms with van der Waals surface area (Å²) in [6, 6.07) is 2.51. The predicted octanol–water partition coefficient (Wildman–Crippen LogP) is 1.38. The number of benzene rings is 1. The average molecular weight is 352 g/mol. The fourth-order valence-electron chi connectivity index (χ4n) is 1.39. The second-order valence-electron chi connectivity index (χ2n) is 3.77. The minimum absolute atomic E-state index is 0.0542. The summed E-state index contributed by atoms with van der Waals surface area (Å²) in [6.07, 6.45) is 0. The molecule has 1 aromatic carbocycles. The molecule has 0 unspecified atom stereocenters. The molecule has 106 valence electrons. The topological polar surface area (TPSA) is 92.7 Å². The van der Waals surface area contributed by atoms with Crippen molar-refractivity contribution >= 4 is 31.9 Å². The highest BCUT2D eigenvalue weighted by Gasteiger charge is 2.19. The summed E-state index contributed by atoms with van der Waals surface area (Å²) >= 11 is 3.16. The first kappa shape index (κ1) is 16.1. The molecule has 1 rings (SSSR count). The molecule has 2 N–H and O–H groups in total. The Hall–Kier alpha value is -0.960. The quantitative estimate of drug-likeness (QED) is 0.755. The monoisotopic (exact) mass is 351 g/mol. The lowest BCUT2D eigenvalue weighted by atomic mass is 10.1. The summed E-state index contributed by atoms with van der Waals surface area (Å²) in [5.41, 5.74) is 0.421. The molecule has 0 amide bonds. The number of nitrogens with one attached hydrogen (secondary N) is 1. The van der Waals surface area contributed by atoms with E-state index in [1.165, 1.54) is 13.2 Å². The number of hydrogen-bond donors (Lipinski definition) is 2. The largest absolute Gasteiger partial charge is 0.478 e. The van der Waals surface area contributed by atoms with Gasteiger partial charge in [-0.05, 0) is 24.6 Å². The lowest BCUT2D eigenvalue weighted by Crippen LogP contribution is -2.27. The van der Waals surface area contributed by atoms with E-state index in [0.29, 0.717) is 10.0 Å². The molecule has 0 aliphatic rings. The van der Waals surface area contributed by atoms with Crippen LogP contribution in [0.25, 0.3) is 0 Å². The van der Waals surface area contributed by atoms with Gasteiger partial charge >= 0.3 is 5.97 Å². The SMILES string of the molecule is COCCNS(=O)(=O)c1cc(Br)c(C)c(C(=O)O)c1. The second-order valence-corrected chi connectivity index (χ2v) is 6.39. The third-order valence-electron chi connectivity index (χ3n) is 2.46. The van der Waals surface area contributed by atoms with Gasteiger partial charge in [0.15, 0.2) is 0 Å². The van der Waals surface area contributed by atoms with Gasteiger partial charge in [-0.2, -0.15) is 0 Å². The van der Waals surface area contributed by atoms with Crippen molar-refractivity contribution in [1.82, 2.24) is 4.72 Å². The maximum Gasteiger partial charge on any atom is 0.336 e. The van der Waals surface area contributed by atoms with Crippen molar-refractivity contribution in [3.63, 3.8) is 0 Å². The van der Waals surface area contributed by atoms with E-state index in [2.05, 4.69) is 20.7 Å². The van der Waals surface area contributed by atoms with E-state index < -0.39 is 16.0 Å². The standard InChI is InChI=1S/C11H14BrNO5S/c1-7-9(11(14)15)5-8(6-10(7)12)19(16,17)13-3-4-18-2/h5-6,13H,3-4H2,1-2H3,(H,14,15). The first-order valence-electron chi connectivity index (χ1n) is 5.31. The van der Waals surface area contributed by atoms with Crippen molar-refractivity contribution in [2.24, 2.45) is 0 Å². The maximum atomic E-state index is 12.0. The summed E-state index contributed by atoms with van der Waals surface area (Å²) in [7, 11) is -2.29. The van der Waals surface area contributed by atoms with Gasteiger partial charge in [0.1, 0.15) is 0 Å². The Morgan fingerprint density at radius 3 is 2.63 bits per heavy atom. The highest BCUT2D eigenvalue weighted by Crippen LogP contribution is 2.24. The van der Waals surface area contributed by atoms with Gasteiger partial charge in [-0.15, -0.1) is 0 Å². The Balaban J connectivity index is 3.17. The van der Waals surface area contributed by atoms with E-state index in [1.54, 1.807) is 6.92 Å². The molecular formula is C11H14BrNO5S. The zero-order valence-electron chi connectivity index (χ0n) is 10.4. The lowest BCUT2D eigenvalue weighted by Gasteiger charge is -2.10. The molecule has 6 nitrogen and oxygen atoms in total. The third-order valence-corrected chi connectivity index (χ3v) is 4.72. The molecule has 0 spiro atoms. The number of aromatic carboxylic acids is 1. The first-order valence-corrected chi connectivity index (χ1v) is 7.59. The van der Waals surface area contributed by atoms with Crippen LogP contribution in [0.4, 0.5) is 0 Å². The van der Waals surface area contributed by atoms with Crippen LogP contribution in [0.1, 0.15) is 15.9 Å². The molecule has 0 saturated carbocycles. The van der Waals surface area contributed by atoms with E-state index >= 15 is 0 Å². The number of ether oxygens (including phenoxy) is 1. The number of rotatable bonds is 6. The van der Waals surface area contributed by atoms with Crippen molar-refractivity contribution < 1.29 is 23.1 Å². The molecule has 0 fully saturated rings. The van der Waals surface area contributed by atoms with Crippen molar-refractivity contribution in [3.05, 3.63) is 27.7 Å². The highest BCUT2D eigenvalue weighted by molar-refractivity contribution is 9.10. The van der Waals surface area contributed by atoms with E-state index in [0.717, 1.165) is 6.07 Å². The van der Waals surface area contributed by atoms with Crippen LogP contribution in [0.2, 0.25) is 0 Å². The third kappa shape index (κ3) is 4.00. The molecule has 0 aliphatic heterocycles. The zero-order valence-corrected chi connectivity index (χ0v) is 12.8. The molecule has 0 aliphatic carbocycles. The first-order chi connectivity index (χ1) is 8.79. The van der Waals surface area contributed by atoms with Gasteiger partial charge in [0, 0.05) is 18.1 Å². The van der Waals surface area contributed by atoms with E-state index in [1.807, 2.05) is 0 Å². The van der Waals surface area contributed by atoms with E-state index in [4.69, 9.17) is 9.84 Å².